The molecule has 2 atom stereocenters. The third-order valence-corrected chi connectivity index (χ3v) is 14.3. The number of hydrogen-bond donors (Lipinski definition) is 3. The van der Waals surface area contributed by atoms with E-state index < -0.39 is 12.1 Å². The predicted octanol–water partition coefficient (Wildman–Crippen LogP) is 18.9. The van der Waals surface area contributed by atoms with Gasteiger partial charge in [0.2, 0.25) is 5.91 Å². The smallest absolute Gasteiger partial charge is 0.305 e. The van der Waals surface area contributed by atoms with Crippen LogP contribution in [-0.4, -0.2) is 47.4 Å². The SMILES string of the molecule is CCCCCCCCCCCCCCCCCCCCCC(O)C(CO)NC(=O)CCCCCCCCC/C=C\CCCCCCOC(=O)CCCCCCCCCCCCCCCCCC. The second-order valence-electron chi connectivity index (χ2n) is 21.0. The molecule has 398 valence electrons. The lowest BCUT2D eigenvalue weighted by Crippen LogP contribution is -2.45. The van der Waals surface area contributed by atoms with Crippen LogP contribution in [-0.2, 0) is 14.3 Å². The zero-order chi connectivity index (χ0) is 48.6. The molecule has 3 N–H and O–H groups in total. The molecule has 0 rings (SSSR count). The molecule has 0 aromatic heterocycles. The Labute approximate surface area is 419 Å². The topological polar surface area (TPSA) is 95.9 Å². The van der Waals surface area contributed by atoms with Crippen molar-refractivity contribution in [3.8, 4) is 0 Å². The van der Waals surface area contributed by atoms with Gasteiger partial charge in [-0.25, -0.2) is 0 Å². The molecule has 0 aliphatic carbocycles. The highest BCUT2D eigenvalue weighted by Gasteiger charge is 2.20. The van der Waals surface area contributed by atoms with E-state index in [-0.39, 0.29) is 18.5 Å². The standard InChI is InChI=1S/C61H119NO5/c1-3-5-7-9-11-13-15-17-19-21-22-23-25-29-33-37-41-45-49-53-59(64)58(57-63)62-60(65)54-50-46-42-38-34-30-26-24-28-32-36-40-44-48-52-56-67-61(66)55-51-47-43-39-35-31-27-20-18-16-14-12-10-8-6-4-2/h28,32,58-59,63-64H,3-27,29-31,33-57H2,1-2H3,(H,62,65)/b32-28-. The van der Waals surface area contributed by atoms with E-state index in [2.05, 4.69) is 31.3 Å². The monoisotopic (exact) mass is 946 g/mol. The van der Waals surface area contributed by atoms with E-state index >= 15 is 0 Å². The number of rotatable bonds is 57. The van der Waals surface area contributed by atoms with Crippen molar-refractivity contribution in [3.05, 3.63) is 12.2 Å². The fourth-order valence-electron chi connectivity index (χ4n) is 9.64. The normalized spacial score (nSPS) is 12.6. The Kier molecular flexibility index (Phi) is 56.0. The van der Waals surface area contributed by atoms with Crippen molar-refractivity contribution in [1.82, 2.24) is 5.32 Å². The summed E-state index contributed by atoms with van der Waals surface area (Å²) in [7, 11) is 0. The van der Waals surface area contributed by atoms with Crippen molar-refractivity contribution in [1.29, 1.82) is 0 Å². The molecule has 0 heterocycles. The number of nitrogens with one attached hydrogen (secondary N) is 1. The van der Waals surface area contributed by atoms with Gasteiger partial charge in [-0.05, 0) is 51.4 Å². The van der Waals surface area contributed by atoms with Gasteiger partial charge in [0.05, 0.1) is 25.4 Å². The number of amides is 1. The number of carbonyl (C=O) groups excluding carboxylic acids is 2. The molecule has 0 aromatic rings. The fourth-order valence-corrected chi connectivity index (χ4v) is 9.64. The minimum atomic E-state index is -0.674. The Bertz CT molecular complexity index is 1000. The Morgan fingerprint density at radius 3 is 1.06 bits per heavy atom. The predicted molar refractivity (Wildman–Crippen MR) is 292 cm³/mol. The molecule has 2 unspecified atom stereocenters. The molecule has 67 heavy (non-hydrogen) atoms. The van der Waals surface area contributed by atoms with Gasteiger partial charge in [-0.1, -0.05) is 289 Å². The average Bonchev–Trinajstić information content (AvgIpc) is 3.33. The number of aliphatic hydroxyl groups excluding tert-OH is 2. The average molecular weight is 947 g/mol. The largest absolute Gasteiger partial charge is 0.466 e. The van der Waals surface area contributed by atoms with Crippen LogP contribution >= 0.6 is 0 Å². The summed E-state index contributed by atoms with van der Waals surface area (Å²) in [5.74, 6) is -0.0523. The van der Waals surface area contributed by atoms with Crippen LogP contribution in [0.5, 0.6) is 0 Å². The van der Waals surface area contributed by atoms with E-state index in [1.807, 2.05) is 0 Å². The molecule has 0 aromatic carbocycles. The first-order valence-corrected chi connectivity index (χ1v) is 30.4. The maximum atomic E-state index is 12.5. The second kappa shape index (κ2) is 57.2. The molecule has 6 heteroatoms. The number of unbranched alkanes of at least 4 members (excludes halogenated alkanes) is 44. The van der Waals surface area contributed by atoms with Crippen LogP contribution in [0.15, 0.2) is 12.2 Å². The van der Waals surface area contributed by atoms with Gasteiger partial charge in [-0.3, -0.25) is 9.59 Å². The zero-order valence-corrected chi connectivity index (χ0v) is 45.4. The number of hydrogen-bond acceptors (Lipinski definition) is 5. The molecular weight excluding hydrogens is 827 g/mol. The third-order valence-electron chi connectivity index (χ3n) is 14.3. The number of allylic oxidation sites excluding steroid dienone is 2. The van der Waals surface area contributed by atoms with Crippen molar-refractivity contribution < 1.29 is 24.5 Å². The van der Waals surface area contributed by atoms with E-state index in [1.54, 1.807) is 0 Å². The van der Waals surface area contributed by atoms with Crippen LogP contribution in [0.2, 0.25) is 0 Å². The van der Waals surface area contributed by atoms with Gasteiger partial charge < -0.3 is 20.3 Å². The molecule has 0 fully saturated rings. The highest BCUT2D eigenvalue weighted by molar-refractivity contribution is 5.76. The van der Waals surface area contributed by atoms with Gasteiger partial charge in [0.15, 0.2) is 0 Å². The minimum Gasteiger partial charge on any atom is -0.466 e. The van der Waals surface area contributed by atoms with Crippen molar-refractivity contribution in [3.63, 3.8) is 0 Å². The van der Waals surface area contributed by atoms with Gasteiger partial charge in [-0.15, -0.1) is 0 Å². The van der Waals surface area contributed by atoms with Gasteiger partial charge in [0, 0.05) is 12.8 Å². The third kappa shape index (κ3) is 53.8. The zero-order valence-electron chi connectivity index (χ0n) is 45.4. The summed E-state index contributed by atoms with van der Waals surface area (Å²) in [6, 6.07) is -0.553. The fraction of sp³-hybridized carbons (Fsp3) is 0.934. The summed E-state index contributed by atoms with van der Waals surface area (Å²) in [4.78, 5) is 24.6. The molecule has 6 nitrogen and oxygen atoms in total. The van der Waals surface area contributed by atoms with Crippen molar-refractivity contribution in [2.45, 2.75) is 353 Å². The van der Waals surface area contributed by atoms with E-state index in [0.717, 1.165) is 70.6 Å². The van der Waals surface area contributed by atoms with Crippen LogP contribution in [0.25, 0.3) is 0 Å². The number of aliphatic hydroxyl groups is 2. The van der Waals surface area contributed by atoms with Crippen LogP contribution < -0.4 is 5.32 Å². The molecule has 0 bridgehead atoms. The first-order valence-electron chi connectivity index (χ1n) is 30.4. The molecule has 0 saturated carbocycles. The first-order chi connectivity index (χ1) is 33.0. The number of ether oxygens (including phenoxy) is 1. The molecule has 0 radical (unpaired) electrons. The second-order valence-corrected chi connectivity index (χ2v) is 21.0. The van der Waals surface area contributed by atoms with Crippen LogP contribution in [0.1, 0.15) is 341 Å². The van der Waals surface area contributed by atoms with E-state index in [4.69, 9.17) is 4.74 Å². The lowest BCUT2D eigenvalue weighted by molar-refractivity contribution is -0.143. The minimum absolute atomic E-state index is 0.00564. The highest BCUT2D eigenvalue weighted by atomic mass is 16.5. The number of carbonyl (C=O) groups is 2. The molecule has 0 saturated heterocycles. The van der Waals surface area contributed by atoms with Crippen molar-refractivity contribution in [2.75, 3.05) is 13.2 Å². The maximum absolute atomic E-state index is 12.5. The summed E-state index contributed by atoms with van der Waals surface area (Å²) in [6.45, 7) is 4.95. The summed E-state index contributed by atoms with van der Waals surface area (Å²) < 4.78 is 5.47. The van der Waals surface area contributed by atoms with Gasteiger partial charge >= 0.3 is 5.97 Å². The Morgan fingerprint density at radius 1 is 0.403 bits per heavy atom. The lowest BCUT2D eigenvalue weighted by atomic mass is 10.0. The summed E-state index contributed by atoms with van der Waals surface area (Å²) in [6.07, 6.45) is 67.8. The van der Waals surface area contributed by atoms with Gasteiger partial charge in [0.25, 0.3) is 0 Å². The van der Waals surface area contributed by atoms with E-state index in [0.29, 0.717) is 25.9 Å². The molecule has 0 spiro atoms. The summed E-state index contributed by atoms with van der Waals surface area (Å²) in [5.41, 5.74) is 0. The van der Waals surface area contributed by atoms with Crippen LogP contribution in [0.4, 0.5) is 0 Å². The molecule has 0 aliphatic rings. The number of esters is 1. The van der Waals surface area contributed by atoms with Gasteiger partial charge in [0.1, 0.15) is 0 Å². The summed E-state index contributed by atoms with van der Waals surface area (Å²) in [5, 5.41) is 23.3. The Balaban J connectivity index is 3.45. The van der Waals surface area contributed by atoms with Crippen LogP contribution in [0.3, 0.4) is 0 Å². The Morgan fingerprint density at radius 2 is 0.701 bits per heavy atom. The molecule has 1 amide bonds. The highest BCUT2D eigenvalue weighted by Crippen LogP contribution is 2.18. The van der Waals surface area contributed by atoms with Gasteiger partial charge in [-0.2, -0.15) is 0 Å². The van der Waals surface area contributed by atoms with E-state index in [1.165, 1.54) is 238 Å². The van der Waals surface area contributed by atoms with Crippen molar-refractivity contribution in [2.24, 2.45) is 0 Å². The quantitative estimate of drug-likeness (QED) is 0.0321. The maximum Gasteiger partial charge on any atom is 0.305 e. The van der Waals surface area contributed by atoms with Crippen molar-refractivity contribution >= 4 is 11.9 Å². The van der Waals surface area contributed by atoms with E-state index in [9.17, 15) is 19.8 Å². The molecular formula is C61H119NO5. The lowest BCUT2D eigenvalue weighted by Gasteiger charge is -2.22. The molecule has 0 aliphatic heterocycles. The first kappa shape index (κ1) is 65.6. The summed E-state index contributed by atoms with van der Waals surface area (Å²) >= 11 is 0. The Hall–Kier alpha value is -1.40. The van der Waals surface area contributed by atoms with Crippen LogP contribution in [0, 0.1) is 0 Å².